The first-order valence-electron chi connectivity index (χ1n) is 5.44. The van der Waals surface area contributed by atoms with Gasteiger partial charge in [0.1, 0.15) is 6.26 Å². The van der Waals surface area contributed by atoms with Gasteiger partial charge in [-0.15, -0.1) is 0 Å². The van der Waals surface area contributed by atoms with Crippen LogP contribution in [0.3, 0.4) is 0 Å². The lowest BCUT2D eigenvalue weighted by molar-refractivity contribution is -0.124. The Balaban J connectivity index is 1.80. The maximum atomic E-state index is 11.7. The Labute approximate surface area is 89.1 Å². The van der Waals surface area contributed by atoms with Crippen molar-refractivity contribution in [3.05, 3.63) is 17.8 Å². The van der Waals surface area contributed by atoms with Crippen LogP contribution in [0.2, 0.25) is 0 Å². The third-order valence-corrected chi connectivity index (χ3v) is 2.84. The molecule has 1 heterocycles. The van der Waals surface area contributed by atoms with Crippen LogP contribution >= 0.6 is 0 Å². The number of nitrogens with one attached hydrogen (secondary N) is 1. The van der Waals surface area contributed by atoms with Crippen molar-refractivity contribution in [2.24, 2.45) is 5.92 Å². The molecule has 4 heteroatoms. The molecule has 1 saturated carbocycles. The lowest BCUT2D eigenvalue weighted by Crippen LogP contribution is -2.28. The lowest BCUT2D eigenvalue weighted by Gasteiger charge is -2.08. The topological polar surface area (TPSA) is 55.1 Å². The number of carbonyl (C=O) groups is 1. The van der Waals surface area contributed by atoms with Crippen LogP contribution in [0.15, 0.2) is 10.7 Å². The Bertz CT molecular complexity index is 340. The van der Waals surface area contributed by atoms with E-state index in [2.05, 4.69) is 10.3 Å². The Morgan fingerprint density at radius 1 is 1.60 bits per heavy atom. The highest BCUT2D eigenvalue weighted by atomic mass is 16.3. The second-order valence-electron chi connectivity index (χ2n) is 4.06. The average Bonchev–Trinajstić information content (AvgIpc) is 2.84. The van der Waals surface area contributed by atoms with Gasteiger partial charge in [-0.25, -0.2) is 4.98 Å². The number of aromatic nitrogens is 1. The van der Waals surface area contributed by atoms with E-state index in [0.29, 0.717) is 12.4 Å². The Kier molecular flexibility index (Phi) is 3.04. The molecule has 0 saturated heterocycles. The highest BCUT2D eigenvalue weighted by molar-refractivity contribution is 5.78. The quantitative estimate of drug-likeness (QED) is 0.823. The third kappa shape index (κ3) is 2.58. The average molecular weight is 208 g/mol. The number of nitrogens with zero attached hydrogens (tertiary/aromatic N) is 1. The largest absolute Gasteiger partial charge is 0.449 e. The molecule has 0 bridgehead atoms. The summed E-state index contributed by atoms with van der Waals surface area (Å²) in [6.45, 7) is 2.27. The van der Waals surface area contributed by atoms with E-state index in [-0.39, 0.29) is 11.8 Å². The van der Waals surface area contributed by atoms with Gasteiger partial charge in [-0.1, -0.05) is 12.8 Å². The molecule has 1 N–H and O–H groups in total. The monoisotopic (exact) mass is 208 g/mol. The number of amides is 1. The molecular weight excluding hydrogens is 192 g/mol. The number of hydrogen-bond acceptors (Lipinski definition) is 3. The van der Waals surface area contributed by atoms with Gasteiger partial charge in [-0.05, 0) is 12.8 Å². The number of rotatable bonds is 3. The summed E-state index contributed by atoms with van der Waals surface area (Å²) in [5.41, 5.74) is 0.791. The summed E-state index contributed by atoms with van der Waals surface area (Å²) in [7, 11) is 0. The predicted octanol–water partition coefficient (Wildman–Crippen LogP) is 1.79. The highest BCUT2D eigenvalue weighted by Crippen LogP contribution is 2.24. The van der Waals surface area contributed by atoms with Crippen molar-refractivity contribution in [1.82, 2.24) is 10.3 Å². The molecule has 15 heavy (non-hydrogen) atoms. The number of oxazole rings is 1. The van der Waals surface area contributed by atoms with E-state index in [1.165, 1.54) is 12.8 Å². The second kappa shape index (κ2) is 4.47. The minimum Gasteiger partial charge on any atom is -0.449 e. The molecule has 0 unspecified atom stereocenters. The minimum absolute atomic E-state index is 0.160. The molecule has 0 aliphatic heterocycles. The summed E-state index contributed by atoms with van der Waals surface area (Å²) in [6, 6.07) is 0. The van der Waals surface area contributed by atoms with E-state index >= 15 is 0 Å². The standard InChI is InChI=1S/C11H16N2O2/c1-8-13-10(7-15-8)6-12-11(14)9-4-2-3-5-9/h7,9H,2-6H2,1H3,(H,12,14). The van der Waals surface area contributed by atoms with Crippen molar-refractivity contribution in [1.29, 1.82) is 0 Å². The molecule has 1 amide bonds. The summed E-state index contributed by atoms with van der Waals surface area (Å²) < 4.78 is 5.06. The first kappa shape index (κ1) is 10.2. The molecule has 82 valence electrons. The van der Waals surface area contributed by atoms with Crippen LogP contribution in [0.25, 0.3) is 0 Å². The molecule has 0 spiro atoms. The third-order valence-electron chi connectivity index (χ3n) is 2.84. The van der Waals surface area contributed by atoms with Gasteiger partial charge in [-0.2, -0.15) is 0 Å². The molecule has 2 rings (SSSR count). The summed E-state index contributed by atoms with van der Waals surface area (Å²) in [5, 5.41) is 2.89. The van der Waals surface area contributed by atoms with Crippen LogP contribution in [0.1, 0.15) is 37.3 Å². The number of hydrogen-bond donors (Lipinski definition) is 1. The van der Waals surface area contributed by atoms with Gasteiger partial charge >= 0.3 is 0 Å². The Morgan fingerprint density at radius 3 is 2.93 bits per heavy atom. The highest BCUT2D eigenvalue weighted by Gasteiger charge is 2.22. The minimum atomic E-state index is 0.160. The number of aryl methyl sites for hydroxylation is 1. The van der Waals surface area contributed by atoms with Crippen molar-refractivity contribution in [3.63, 3.8) is 0 Å². The molecule has 1 aliphatic carbocycles. The van der Waals surface area contributed by atoms with Gasteiger partial charge in [0.05, 0.1) is 12.2 Å². The molecule has 4 nitrogen and oxygen atoms in total. The van der Waals surface area contributed by atoms with Crippen LogP contribution in [0.4, 0.5) is 0 Å². The fraction of sp³-hybridized carbons (Fsp3) is 0.636. The zero-order chi connectivity index (χ0) is 10.7. The molecule has 1 aromatic rings. The van der Waals surface area contributed by atoms with Crippen LogP contribution in [0.5, 0.6) is 0 Å². The van der Waals surface area contributed by atoms with Crippen molar-refractivity contribution < 1.29 is 9.21 Å². The SMILES string of the molecule is Cc1nc(CNC(=O)C2CCCC2)co1. The van der Waals surface area contributed by atoms with Crippen LogP contribution in [-0.2, 0) is 11.3 Å². The van der Waals surface area contributed by atoms with Crippen LogP contribution < -0.4 is 5.32 Å². The first-order valence-corrected chi connectivity index (χ1v) is 5.44. The predicted molar refractivity (Wildman–Crippen MR) is 55.0 cm³/mol. The fourth-order valence-electron chi connectivity index (χ4n) is 2.00. The molecule has 0 aromatic carbocycles. The van der Waals surface area contributed by atoms with E-state index in [9.17, 15) is 4.79 Å². The van der Waals surface area contributed by atoms with Crippen molar-refractivity contribution in [2.45, 2.75) is 39.2 Å². The van der Waals surface area contributed by atoms with Crippen molar-refractivity contribution in [2.75, 3.05) is 0 Å². The zero-order valence-electron chi connectivity index (χ0n) is 8.95. The first-order chi connectivity index (χ1) is 7.25. The molecule has 0 atom stereocenters. The summed E-state index contributed by atoms with van der Waals surface area (Å²) >= 11 is 0. The smallest absolute Gasteiger partial charge is 0.223 e. The van der Waals surface area contributed by atoms with E-state index in [0.717, 1.165) is 18.5 Å². The molecule has 1 aliphatic rings. The van der Waals surface area contributed by atoms with Gasteiger partial charge < -0.3 is 9.73 Å². The second-order valence-corrected chi connectivity index (χ2v) is 4.06. The van der Waals surface area contributed by atoms with Crippen molar-refractivity contribution >= 4 is 5.91 Å². The number of carbonyl (C=O) groups excluding carboxylic acids is 1. The molecule has 0 radical (unpaired) electrons. The van der Waals surface area contributed by atoms with Crippen LogP contribution in [-0.4, -0.2) is 10.9 Å². The van der Waals surface area contributed by atoms with Crippen molar-refractivity contribution in [3.8, 4) is 0 Å². The van der Waals surface area contributed by atoms with Crippen LogP contribution in [0, 0.1) is 12.8 Å². The summed E-state index contributed by atoms with van der Waals surface area (Å²) in [5.74, 6) is 1.02. The fourth-order valence-corrected chi connectivity index (χ4v) is 2.00. The van der Waals surface area contributed by atoms with E-state index in [1.807, 2.05) is 0 Å². The maximum Gasteiger partial charge on any atom is 0.223 e. The summed E-state index contributed by atoms with van der Waals surface area (Å²) in [4.78, 5) is 15.8. The zero-order valence-corrected chi connectivity index (χ0v) is 8.95. The van der Waals surface area contributed by atoms with E-state index in [4.69, 9.17) is 4.42 Å². The maximum absolute atomic E-state index is 11.7. The molecular formula is C11H16N2O2. The lowest BCUT2D eigenvalue weighted by atomic mass is 10.1. The van der Waals surface area contributed by atoms with Gasteiger partial charge in [0.25, 0.3) is 0 Å². The van der Waals surface area contributed by atoms with Gasteiger partial charge in [0.2, 0.25) is 5.91 Å². The van der Waals surface area contributed by atoms with Gasteiger partial charge in [0.15, 0.2) is 5.89 Å². The Hall–Kier alpha value is -1.32. The molecule has 1 aromatic heterocycles. The van der Waals surface area contributed by atoms with Gasteiger partial charge in [0, 0.05) is 12.8 Å². The molecule has 1 fully saturated rings. The Morgan fingerprint density at radius 2 is 2.33 bits per heavy atom. The normalized spacial score (nSPS) is 16.9. The van der Waals surface area contributed by atoms with Gasteiger partial charge in [-0.3, -0.25) is 4.79 Å². The summed E-state index contributed by atoms with van der Waals surface area (Å²) in [6.07, 6.45) is 6.01. The van der Waals surface area contributed by atoms with E-state index in [1.54, 1.807) is 13.2 Å². The van der Waals surface area contributed by atoms with E-state index < -0.39 is 0 Å².